The van der Waals surface area contributed by atoms with Crippen molar-refractivity contribution in [2.75, 3.05) is 20.2 Å². The fourth-order valence-electron chi connectivity index (χ4n) is 1.69. The number of carbonyl (C=O) groups excluding carboxylic acids is 1. The summed E-state index contributed by atoms with van der Waals surface area (Å²) in [5.74, 6) is -0.136. The second-order valence-corrected chi connectivity index (χ2v) is 4.31. The number of hydrogen-bond acceptors (Lipinski definition) is 4. The Morgan fingerprint density at radius 1 is 1.28 bits per heavy atom. The number of nitrogens with zero attached hydrogens (tertiary/aromatic N) is 1. The van der Waals surface area contributed by atoms with E-state index in [1.54, 1.807) is 0 Å². The third kappa shape index (κ3) is 5.29. The van der Waals surface area contributed by atoms with Gasteiger partial charge in [-0.3, -0.25) is 4.79 Å². The Labute approximate surface area is 109 Å². The molecule has 0 atom stereocenters. The molecule has 1 rings (SSSR count). The van der Waals surface area contributed by atoms with Gasteiger partial charge in [0.2, 0.25) is 0 Å². The van der Waals surface area contributed by atoms with E-state index in [-0.39, 0.29) is 5.97 Å². The van der Waals surface area contributed by atoms with Crippen molar-refractivity contribution in [3.8, 4) is 0 Å². The first-order valence-electron chi connectivity index (χ1n) is 6.27. The number of rotatable bonds is 7. The minimum atomic E-state index is -0.136. The Balaban J connectivity index is 2.34. The molecule has 4 nitrogen and oxygen atoms in total. The van der Waals surface area contributed by atoms with Gasteiger partial charge in [-0.15, -0.1) is 0 Å². The molecule has 4 heteroatoms. The minimum Gasteiger partial charge on any atom is -0.466 e. The number of nitrogens with two attached hydrogens (primary N) is 1. The van der Waals surface area contributed by atoms with Gasteiger partial charge in [0.25, 0.3) is 0 Å². The third-order valence-corrected chi connectivity index (χ3v) is 2.71. The molecule has 0 heterocycles. The molecular formula is C14H22N2O2. The van der Waals surface area contributed by atoms with Gasteiger partial charge in [0.1, 0.15) is 0 Å². The summed E-state index contributed by atoms with van der Waals surface area (Å²) >= 11 is 0. The fraction of sp³-hybridized carbons (Fsp3) is 0.500. The van der Waals surface area contributed by atoms with Crippen molar-refractivity contribution in [1.82, 2.24) is 4.90 Å². The van der Waals surface area contributed by atoms with Crippen molar-refractivity contribution in [3.63, 3.8) is 0 Å². The van der Waals surface area contributed by atoms with Crippen LogP contribution in [0.25, 0.3) is 0 Å². The lowest BCUT2D eigenvalue weighted by atomic mass is 10.1. The van der Waals surface area contributed by atoms with E-state index in [0.29, 0.717) is 26.1 Å². The van der Waals surface area contributed by atoms with E-state index in [2.05, 4.69) is 17.0 Å². The van der Waals surface area contributed by atoms with Crippen molar-refractivity contribution < 1.29 is 9.53 Å². The van der Waals surface area contributed by atoms with Crippen molar-refractivity contribution in [3.05, 3.63) is 35.4 Å². The standard InChI is InChI=1S/C14H22N2O2/c1-3-18-14(17)8-9-16(2)11-13-6-4-12(10-15)5-7-13/h4-7H,3,8-11,15H2,1-2H3. The maximum atomic E-state index is 11.2. The molecule has 1 aromatic carbocycles. The summed E-state index contributed by atoms with van der Waals surface area (Å²) in [6.45, 7) is 4.37. The molecule has 0 aliphatic carbocycles. The number of esters is 1. The van der Waals surface area contributed by atoms with Crippen LogP contribution in [0.3, 0.4) is 0 Å². The van der Waals surface area contributed by atoms with Crippen LogP contribution >= 0.6 is 0 Å². The van der Waals surface area contributed by atoms with Gasteiger partial charge in [0.05, 0.1) is 13.0 Å². The van der Waals surface area contributed by atoms with Gasteiger partial charge in [0, 0.05) is 19.6 Å². The predicted molar refractivity (Wildman–Crippen MR) is 71.9 cm³/mol. The van der Waals surface area contributed by atoms with E-state index in [9.17, 15) is 4.79 Å². The largest absolute Gasteiger partial charge is 0.466 e. The van der Waals surface area contributed by atoms with Crippen LogP contribution < -0.4 is 5.73 Å². The summed E-state index contributed by atoms with van der Waals surface area (Å²) in [7, 11) is 2.00. The van der Waals surface area contributed by atoms with Crippen LogP contribution in [-0.4, -0.2) is 31.1 Å². The topological polar surface area (TPSA) is 55.6 Å². The Bertz CT molecular complexity index is 363. The molecule has 0 spiro atoms. The Hall–Kier alpha value is -1.39. The van der Waals surface area contributed by atoms with E-state index in [4.69, 9.17) is 10.5 Å². The highest BCUT2D eigenvalue weighted by Crippen LogP contribution is 2.06. The molecule has 18 heavy (non-hydrogen) atoms. The zero-order chi connectivity index (χ0) is 13.4. The lowest BCUT2D eigenvalue weighted by molar-refractivity contribution is -0.143. The van der Waals surface area contributed by atoms with E-state index < -0.39 is 0 Å². The molecule has 0 saturated carbocycles. The molecule has 0 aromatic heterocycles. The van der Waals surface area contributed by atoms with Gasteiger partial charge < -0.3 is 15.4 Å². The first-order chi connectivity index (χ1) is 8.65. The molecule has 0 radical (unpaired) electrons. The second-order valence-electron chi connectivity index (χ2n) is 4.31. The molecule has 0 unspecified atom stereocenters. The maximum absolute atomic E-state index is 11.2. The number of benzene rings is 1. The first kappa shape index (κ1) is 14.7. The van der Waals surface area contributed by atoms with Crippen molar-refractivity contribution >= 4 is 5.97 Å². The summed E-state index contributed by atoms with van der Waals surface area (Å²) in [5, 5.41) is 0. The molecule has 0 saturated heterocycles. The lowest BCUT2D eigenvalue weighted by Crippen LogP contribution is -2.22. The molecule has 2 N–H and O–H groups in total. The van der Waals surface area contributed by atoms with Crippen LogP contribution in [0.2, 0.25) is 0 Å². The molecule has 0 aliphatic heterocycles. The van der Waals surface area contributed by atoms with Gasteiger partial charge in [0.15, 0.2) is 0 Å². The minimum absolute atomic E-state index is 0.136. The van der Waals surface area contributed by atoms with Crippen LogP contribution in [0.1, 0.15) is 24.5 Å². The van der Waals surface area contributed by atoms with E-state index in [1.165, 1.54) is 5.56 Å². The van der Waals surface area contributed by atoms with Crippen molar-refractivity contribution in [1.29, 1.82) is 0 Å². The first-order valence-corrected chi connectivity index (χ1v) is 6.27. The van der Waals surface area contributed by atoms with E-state index >= 15 is 0 Å². The van der Waals surface area contributed by atoms with Crippen LogP contribution in [0, 0.1) is 0 Å². The zero-order valence-electron chi connectivity index (χ0n) is 11.2. The van der Waals surface area contributed by atoms with Gasteiger partial charge in [-0.1, -0.05) is 24.3 Å². The lowest BCUT2D eigenvalue weighted by Gasteiger charge is -2.16. The predicted octanol–water partition coefficient (Wildman–Crippen LogP) is 1.53. The molecule has 0 fully saturated rings. The van der Waals surface area contributed by atoms with Gasteiger partial charge >= 0.3 is 5.97 Å². The molecule has 100 valence electrons. The van der Waals surface area contributed by atoms with Crippen LogP contribution in [0.5, 0.6) is 0 Å². The summed E-state index contributed by atoms with van der Waals surface area (Å²) in [5.41, 5.74) is 7.90. The third-order valence-electron chi connectivity index (χ3n) is 2.71. The average Bonchev–Trinajstić information content (AvgIpc) is 2.38. The Morgan fingerprint density at radius 2 is 1.89 bits per heavy atom. The highest BCUT2D eigenvalue weighted by atomic mass is 16.5. The molecule has 0 bridgehead atoms. The SMILES string of the molecule is CCOC(=O)CCN(C)Cc1ccc(CN)cc1. The summed E-state index contributed by atoms with van der Waals surface area (Å²) in [6, 6.07) is 8.22. The van der Waals surface area contributed by atoms with Crippen LogP contribution in [0.15, 0.2) is 24.3 Å². The summed E-state index contributed by atoms with van der Waals surface area (Å²) in [6.07, 6.45) is 0.436. The Kier molecular flexibility index (Phi) is 6.39. The Morgan fingerprint density at radius 3 is 2.44 bits per heavy atom. The van der Waals surface area contributed by atoms with E-state index in [1.807, 2.05) is 26.1 Å². The molecule has 0 amide bonds. The monoisotopic (exact) mass is 250 g/mol. The van der Waals surface area contributed by atoms with Crippen LogP contribution in [-0.2, 0) is 22.6 Å². The molecule has 0 aliphatic rings. The smallest absolute Gasteiger partial charge is 0.307 e. The zero-order valence-corrected chi connectivity index (χ0v) is 11.2. The van der Waals surface area contributed by atoms with Crippen molar-refractivity contribution in [2.45, 2.75) is 26.4 Å². The number of ether oxygens (including phenoxy) is 1. The normalized spacial score (nSPS) is 10.7. The maximum Gasteiger partial charge on any atom is 0.307 e. The van der Waals surface area contributed by atoms with Gasteiger partial charge in [-0.05, 0) is 25.1 Å². The van der Waals surface area contributed by atoms with E-state index in [0.717, 1.165) is 12.1 Å². The average molecular weight is 250 g/mol. The highest BCUT2D eigenvalue weighted by molar-refractivity contribution is 5.69. The van der Waals surface area contributed by atoms with Crippen molar-refractivity contribution in [2.24, 2.45) is 5.73 Å². The number of hydrogen-bond donors (Lipinski definition) is 1. The molecular weight excluding hydrogens is 228 g/mol. The fourth-order valence-corrected chi connectivity index (χ4v) is 1.69. The van der Waals surface area contributed by atoms with Gasteiger partial charge in [-0.25, -0.2) is 0 Å². The highest BCUT2D eigenvalue weighted by Gasteiger charge is 2.05. The molecule has 1 aromatic rings. The van der Waals surface area contributed by atoms with Crippen LogP contribution in [0.4, 0.5) is 0 Å². The summed E-state index contributed by atoms with van der Waals surface area (Å²) < 4.78 is 4.89. The number of carbonyl (C=O) groups is 1. The summed E-state index contributed by atoms with van der Waals surface area (Å²) in [4.78, 5) is 13.3. The second kappa shape index (κ2) is 7.84. The quantitative estimate of drug-likeness (QED) is 0.746. The van der Waals surface area contributed by atoms with Gasteiger partial charge in [-0.2, -0.15) is 0 Å².